The molecule has 1 aromatic carbocycles. The van der Waals surface area contributed by atoms with Crippen LogP contribution in [0.3, 0.4) is 0 Å². The van der Waals surface area contributed by atoms with E-state index in [4.69, 9.17) is 4.74 Å². The minimum atomic E-state index is -1.32. The number of allylic oxidation sites excluding steroid dienone is 2. The number of carboxylic acid groups (broad SMARTS) is 1. The third-order valence-electron chi connectivity index (χ3n) is 11.1. The van der Waals surface area contributed by atoms with Crippen LogP contribution in [0.4, 0.5) is 0 Å². The lowest BCUT2D eigenvalue weighted by atomic mass is 9.35. The van der Waals surface area contributed by atoms with Gasteiger partial charge in [0.15, 0.2) is 23.1 Å². The Bertz CT molecular complexity index is 1250. The van der Waals surface area contributed by atoms with Crippen LogP contribution in [0.5, 0.6) is 11.5 Å². The highest BCUT2D eigenvalue weighted by Crippen LogP contribution is 2.73. The Morgan fingerprint density at radius 1 is 1.08 bits per heavy atom. The summed E-state index contributed by atoms with van der Waals surface area (Å²) in [5, 5.41) is 31.8. The van der Waals surface area contributed by atoms with Crippen LogP contribution < -0.4 is 4.74 Å². The highest BCUT2D eigenvalue weighted by molar-refractivity contribution is 6.15. The van der Waals surface area contributed by atoms with Crippen molar-refractivity contribution in [3.63, 3.8) is 0 Å². The van der Waals surface area contributed by atoms with E-state index in [0.29, 0.717) is 31.2 Å². The number of carboxylic acids is 1. The van der Waals surface area contributed by atoms with Gasteiger partial charge in [-0.1, -0.05) is 34.6 Å². The van der Waals surface area contributed by atoms with Crippen LogP contribution in [0, 0.1) is 28.1 Å². The van der Waals surface area contributed by atoms with Gasteiger partial charge in [-0.2, -0.15) is 0 Å². The largest absolute Gasteiger partial charge is 0.504 e. The van der Waals surface area contributed by atoms with Gasteiger partial charge in [0.25, 0.3) is 0 Å². The van der Waals surface area contributed by atoms with Crippen molar-refractivity contribution in [2.75, 3.05) is 7.11 Å². The number of aliphatic hydroxyl groups is 1. The van der Waals surface area contributed by atoms with E-state index in [0.717, 1.165) is 12.0 Å². The van der Waals surface area contributed by atoms with Crippen molar-refractivity contribution in [1.29, 1.82) is 0 Å². The zero-order valence-corrected chi connectivity index (χ0v) is 21.9. The molecule has 1 aromatic rings. The molecule has 3 N–H and O–H groups in total. The fraction of sp³-hybridized carbons (Fsp3) is 0.621. The van der Waals surface area contributed by atoms with Gasteiger partial charge in [0.2, 0.25) is 0 Å². The number of fused-ring (bicyclic) bond motifs is 7. The molecule has 3 fully saturated rings. The molecule has 4 aliphatic carbocycles. The molecule has 4 aliphatic rings. The monoisotopic (exact) mass is 496 g/mol. The molecule has 194 valence electrons. The van der Waals surface area contributed by atoms with Gasteiger partial charge in [0, 0.05) is 22.3 Å². The number of aliphatic hydroxyl groups excluding tert-OH is 1. The van der Waals surface area contributed by atoms with E-state index in [1.165, 1.54) is 13.2 Å². The first-order chi connectivity index (χ1) is 16.7. The molecule has 0 radical (unpaired) electrons. The van der Waals surface area contributed by atoms with Gasteiger partial charge in [-0.15, -0.1) is 0 Å². The Balaban J connectivity index is 1.71. The molecule has 0 amide bonds. The smallest absolute Gasteiger partial charge is 0.340 e. The molecular weight excluding hydrogens is 460 g/mol. The molecule has 0 aliphatic heterocycles. The van der Waals surface area contributed by atoms with Crippen LogP contribution in [0.2, 0.25) is 0 Å². The van der Waals surface area contributed by atoms with Crippen LogP contribution in [-0.4, -0.2) is 46.1 Å². The first-order valence-corrected chi connectivity index (χ1v) is 12.8. The second-order valence-electron chi connectivity index (χ2n) is 12.5. The molecule has 0 spiro atoms. The summed E-state index contributed by atoms with van der Waals surface area (Å²) in [6, 6.07) is 1.51. The summed E-state index contributed by atoms with van der Waals surface area (Å²) in [7, 11) is 1.28. The molecule has 36 heavy (non-hydrogen) atoms. The molecule has 7 heteroatoms. The summed E-state index contributed by atoms with van der Waals surface area (Å²) < 4.78 is 5.19. The van der Waals surface area contributed by atoms with Gasteiger partial charge in [-0.05, 0) is 72.1 Å². The number of hydrogen-bond donors (Lipinski definition) is 3. The lowest BCUT2D eigenvalue weighted by molar-refractivity contribution is -0.190. The van der Waals surface area contributed by atoms with E-state index in [9.17, 15) is 29.7 Å². The zero-order chi connectivity index (χ0) is 26.6. The van der Waals surface area contributed by atoms with Crippen molar-refractivity contribution in [3.05, 3.63) is 34.4 Å². The van der Waals surface area contributed by atoms with E-state index in [1.807, 2.05) is 20.8 Å². The van der Waals surface area contributed by atoms with Crippen molar-refractivity contribution in [2.24, 2.45) is 28.1 Å². The fourth-order valence-corrected chi connectivity index (χ4v) is 8.71. The average molecular weight is 497 g/mol. The predicted molar refractivity (Wildman–Crippen MR) is 132 cm³/mol. The predicted octanol–water partition coefficient (Wildman–Crippen LogP) is 4.67. The van der Waals surface area contributed by atoms with Gasteiger partial charge in [-0.25, -0.2) is 4.79 Å². The molecule has 0 aromatic heterocycles. The van der Waals surface area contributed by atoms with Gasteiger partial charge in [-0.3, -0.25) is 9.59 Å². The van der Waals surface area contributed by atoms with Crippen molar-refractivity contribution in [1.82, 2.24) is 0 Å². The number of carbonyl (C=O) groups is 3. The summed E-state index contributed by atoms with van der Waals surface area (Å²) in [5.41, 5.74) is -0.569. The van der Waals surface area contributed by atoms with E-state index in [2.05, 4.69) is 13.8 Å². The van der Waals surface area contributed by atoms with Crippen molar-refractivity contribution in [2.45, 2.75) is 78.2 Å². The van der Waals surface area contributed by atoms with Gasteiger partial charge in [0.05, 0.1) is 7.11 Å². The molecule has 0 saturated heterocycles. The second-order valence-corrected chi connectivity index (χ2v) is 12.5. The second kappa shape index (κ2) is 7.44. The molecule has 3 saturated carbocycles. The minimum absolute atomic E-state index is 0.0757. The number of aromatic hydroxyl groups is 1. The number of Topliss-reactive ketones (excluding diaryl/α,β-unsaturated/α-hetero) is 1. The Kier molecular flexibility index (Phi) is 5.16. The van der Waals surface area contributed by atoms with Crippen molar-refractivity contribution < 1.29 is 34.4 Å². The summed E-state index contributed by atoms with van der Waals surface area (Å²) in [5.74, 6) is -2.41. The first-order valence-electron chi connectivity index (χ1n) is 12.8. The number of aromatic carboxylic acids is 1. The number of phenols is 1. The topological polar surface area (TPSA) is 121 Å². The van der Waals surface area contributed by atoms with Gasteiger partial charge < -0.3 is 20.1 Å². The summed E-state index contributed by atoms with van der Waals surface area (Å²) in [6.07, 6.45) is 4.15. The number of rotatable bonds is 2. The minimum Gasteiger partial charge on any atom is -0.504 e. The van der Waals surface area contributed by atoms with E-state index in [1.54, 1.807) is 6.08 Å². The Hall–Kier alpha value is -2.67. The van der Waals surface area contributed by atoms with Crippen LogP contribution in [0.25, 0.3) is 0 Å². The molecule has 7 nitrogen and oxygen atoms in total. The maximum atomic E-state index is 13.6. The lowest BCUT2D eigenvalue weighted by Gasteiger charge is -2.69. The molecular formula is C29H36O7. The average Bonchev–Trinajstić information content (AvgIpc) is 2.82. The molecule has 5 rings (SSSR count). The maximum absolute atomic E-state index is 13.6. The SMILES string of the molecule is COc1c(O)cc2c(c1C(=O)O)C(=O)C=C1[C@@]2(C)CC[C@@]2(C)C3C[C@@H](C)C(=O)[C@@H](O)[C@]3(C)CC[C@]12C. The number of ketones is 2. The molecule has 0 heterocycles. The van der Waals surface area contributed by atoms with E-state index < -0.39 is 28.3 Å². The summed E-state index contributed by atoms with van der Waals surface area (Å²) in [6.45, 7) is 10.4. The number of phenolic OH excluding ortho intramolecular Hbond substituents is 1. The van der Waals surface area contributed by atoms with Crippen LogP contribution in [0.1, 0.15) is 93.0 Å². The third-order valence-corrected chi connectivity index (χ3v) is 11.1. The Morgan fingerprint density at radius 2 is 1.75 bits per heavy atom. The number of hydrogen-bond acceptors (Lipinski definition) is 6. The van der Waals surface area contributed by atoms with Crippen molar-refractivity contribution in [3.8, 4) is 11.5 Å². The molecule has 0 bridgehead atoms. The van der Waals surface area contributed by atoms with Crippen molar-refractivity contribution >= 4 is 17.5 Å². The summed E-state index contributed by atoms with van der Waals surface area (Å²) >= 11 is 0. The maximum Gasteiger partial charge on any atom is 0.340 e. The fourth-order valence-electron chi connectivity index (χ4n) is 8.71. The van der Waals surface area contributed by atoms with Gasteiger partial charge in [0.1, 0.15) is 11.7 Å². The van der Waals surface area contributed by atoms with E-state index >= 15 is 0 Å². The zero-order valence-electron chi connectivity index (χ0n) is 21.9. The lowest BCUT2D eigenvalue weighted by Crippen LogP contribution is -2.65. The van der Waals surface area contributed by atoms with Crippen LogP contribution >= 0.6 is 0 Å². The highest BCUT2D eigenvalue weighted by Gasteiger charge is 2.68. The van der Waals surface area contributed by atoms with Crippen LogP contribution in [-0.2, 0) is 10.2 Å². The molecule has 1 unspecified atom stereocenters. The third kappa shape index (κ3) is 2.75. The number of methoxy groups -OCH3 is 1. The quantitative estimate of drug-likeness (QED) is 0.544. The van der Waals surface area contributed by atoms with E-state index in [-0.39, 0.29) is 51.4 Å². The molecule has 7 atom stereocenters. The standard InChI is InChI=1S/C29H36O7/c1-14-11-18-27(3,24(33)22(14)32)8-10-29(5)19-13-16(30)20-15(26(19,2)7-9-28(18,29)4)12-17(31)23(36-6)21(20)25(34)35/h12-14,18,24,31,33H,7-11H2,1-6H3,(H,34,35)/t14-,18?,24-,26+,27-,28+,29-/m1/s1. The van der Waals surface area contributed by atoms with Crippen LogP contribution in [0.15, 0.2) is 17.7 Å². The number of ether oxygens (including phenoxy) is 1. The Morgan fingerprint density at radius 3 is 2.36 bits per heavy atom. The number of benzene rings is 1. The first kappa shape index (κ1) is 25.0. The van der Waals surface area contributed by atoms with Gasteiger partial charge >= 0.3 is 5.97 Å². The number of carbonyl (C=O) groups excluding carboxylic acids is 2. The summed E-state index contributed by atoms with van der Waals surface area (Å²) in [4.78, 5) is 38.6. The Labute approximate surface area is 211 Å². The normalized spacial score (nSPS) is 41.4. The highest BCUT2D eigenvalue weighted by atomic mass is 16.5.